The van der Waals surface area contributed by atoms with Crippen molar-refractivity contribution in [3.8, 4) is 0 Å². The second kappa shape index (κ2) is 5.92. The van der Waals surface area contributed by atoms with E-state index >= 15 is 0 Å². The highest BCUT2D eigenvalue weighted by molar-refractivity contribution is 7.51. The molecule has 6 N–H and O–H groups in total. The van der Waals surface area contributed by atoms with E-state index in [4.69, 9.17) is 20.3 Å². The molecule has 116 valence electrons. The maximum atomic E-state index is 11.6. The minimum Gasteiger partial charge on any atom is -0.394 e. The van der Waals surface area contributed by atoms with Crippen LogP contribution in [0.1, 0.15) is 0 Å². The highest BCUT2D eigenvalue weighted by Crippen LogP contribution is 2.34. The molecule has 2 heterocycles. The number of nitrogens with zero attached hydrogens (tertiary/aromatic N) is 3. The van der Waals surface area contributed by atoms with E-state index in [-0.39, 0.29) is 23.7 Å². The molecule has 0 aliphatic heterocycles. The Balaban J connectivity index is 2.22. The Bertz CT molecular complexity index is 736. The van der Waals surface area contributed by atoms with Crippen LogP contribution in [-0.4, -0.2) is 53.5 Å². The minimum absolute atomic E-state index is 0.00287. The monoisotopic (exact) mass is 319 g/mol. The number of imidazole rings is 1. The van der Waals surface area contributed by atoms with E-state index in [2.05, 4.69) is 15.0 Å². The molecule has 2 aromatic rings. The molecule has 11 nitrogen and oxygen atoms in total. The number of nitrogens with one attached hydrogen (secondary N) is 1. The first-order valence-electron chi connectivity index (χ1n) is 5.78. The fourth-order valence-corrected chi connectivity index (χ4v) is 2.09. The van der Waals surface area contributed by atoms with Gasteiger partial charge in [-0.15, -0.1) is 0 Å². The summed E-state index contributed by atoms with van der Waals surface area (Å²) in [6.45, 7) is -0.471. The van der Waals surface area contributed by atoms with Gasteiger partial charge in [0.05, 0.1) is 25.6 Å². The third-order valence-electron chi connectivity index (χ3n) is 2.58. The summed E-state index contributed by atoms with van der Waals surface area (Å²) in [5.41, 5.74) is 5.19. The Morgan fingerprint density at radius 1 is 1.52 bits per heavy atom. The average molecular weight is 319 g/mol. The molecule has 2 rings (SSSR count). The molecule has 0 aromatic carbocycles. The Morgan fingerprint density at radius 3 is 2.86 bits per heavy atom. The van der Waals surface area contributed by atoms with E-state index in [0.717, 1.165) is 0 Å². The van der Waals surface area contributed by atoms with E-state index in [0.29, 0.717) is 0 Å². The summed E-state index contributed by atoms with van der Waals surface area (Å²) in [5.74, 6) is -0.0917. The number of aromatic amines is 1. The molecular formula is C9H14N5O6P. The van der Waals surface area contributed by atoms with Crippen LogP contribution in [0.15, 0.2) is 11.1 Å². The second-order valence-corrected chi connectivity index (χ2v) is 5.87. The summed E-state index contributed by atoms with van der Waals surface area (Å²) in [6.07, 6.45) is -0.408. The Labute approximate surface area is 117 Å². The van der Waals surface area contributed by atoms with Crippen molar-refractivity contribution in [1.29, 1.82) is 0 Å². The molecule has 0 aliphatic rings. The van der Waals surface area contributed by atoms with Gasteiger partial charge in [0.25, 0.3) is 5.56 Å². The van der Waals surface area contributed by atoms with E-state index in [1.807, 2.05) is 0 Å². The van der Waals surface area contributed by atoms with Crippen LogP contribution in [0, 0.1) is 0 Å². The van der Waals surface area contributed by atoms with Gasteiger partial charge < -0.3 is 29.9 Å². The first-order chi connectivity index (χ1) is 9.80. The number of H-pyrrole nitrogens is 1. The fourth-order valence-electron chi connectivity index (χ4n) is 1.69. The number of aliphatic hydroxyl groups is 1. The third-order valence-corrected chi connectivity index (χ3v) is 3.06. The van der Waals surface area contributed by atoms with Gasteiger partial charge in [0.2, 0.25) is 5.95 Å². The SMILES string of the molecule is Nc1nc2c(ncn2C[C@H](CO)OCP(=O)(O)O)c(=O)[nH]1. The van der Waals surface area contributed by atoms with Crippen molar-refractivity contribution in [3.63, 3.8) is 0 Å². The third kappa shape index (κ3) is 3.86. The number of nitrogen functional groups attached to an aromatic ring is 1. The molecule has 0 spiro atoms. The molecule has 2 aromatic heterocycles. The number of ether oxygens (including phenoxy) is 1. The highest BCUT2D eigenvalue weighted by atomic mass is 31.2. The van der Waals surface area contributed by atoms with Gasteiger partial charge in [0.15, 0.2) is 11.2 Å². The Morgan fingerprint density at radius 2 is 2.24 bits per heavy atom. The molecule has 0 saturated heterocycles. The number of hydrogen-bond donors (Lipinski definition) is 5. The fraction of sp³-hybridized carbons (Fsp3) is 0.444. The number of nitrogens with two attached hydrogens (primary N) is 1. The zero-order valence-corrected chi connectivity index (χ0v) is 11.6. The maximum Gasteiger partial charge on any atom is 0.350 e. The number of aromatic nitrogens is 4. The molecule has 0 bridgehead atoms. The lowest BCUT2D eigenvalue weighted by atomic mass is 10.3. The predicted octanol–water partition coefficient (Wildman–Crippen LogP) is -1.79. The van der Waals surface area contributed by atoms with Gasteiger partial charge in [-0.3, -0.25) is 14.3 Å². The van der Waals surface area contributed by atoms with Gasteiger partial charge in [0, 0.05) is 0 Å². The molecule has 12 heteroatoms. The van der Waals surface area contributed by atoms with Gasteiger partial charge in [-0.05, 0) is 0 Å². The number of aliphatic hydroxyl groups excluding tert-OH is 1. The van der Waals surface area contributed by atoms with Gasteiger partial charge in [-0.1, -0.05) is 0 Å². The molecule has 0 saturated carbocycles. The average Bonchev–Trinajstić information content (AvgIpc) is 2.76. The Hall–Kier alpha value is -1.78. The van der Waals surface area contributed by atoms with Crippen LogP contribution >= 0.6 is 7.60 Å². The molecule has 0 radical (unpaired) electrons. The van der Waals surface area contributed by atoms with Gasteiger partial charge >= 0.3 is 7.60 Å². The molecule has 0 fully saturated rings. The van der Waals surface area contributed by atoms with Gasteiger partial charge in [0.1, 0.15) is 6.35 Å². The molecule has 0 aliphatic carbocycles. The first kappa shape index (κ1) is 15.6. The minimum atomic E-state index is -4.34. The first-order valence-corrected chi connectivity index (χ1v) is 7.57. The largest absolute Gasteiger partial charge is 0.394 e. The molecular weight excluding hydrogens is 305 g/mol. The van der Waals surface area contributed by atoms with Gasteiger partial charge in [-0.2, -0.15) is 4.98 Å². The lowest BCUT2D eigenvalue weighted by molar-refractivity contribution is 0.0202. The predicted molar refractivity (Wildman–Crippen MR) is 71.4 cm³/mol. The van der Waals surface area contributed by atoms with Crippen molar-refractivity contribution in [2.75, 3.05) is 18.7 Å². The standard InChI is InChI=1S/C9H14N5O6P/c10-9-12-7-6(8(16)13-9)11-3-14(7)1-5(2-15)20-4-21(17,18)19/h3,5,15H,1-2,4H2,(H2,17,18,19)(H3,10,12,13,16)/t5-/m1/s1. The Kier molecular flexibility index (Phi) is 4.40. The topological polar surface area (TPSA) is 177 Å². The van der Waals surface area contributed by atoms with Crippen molar-refractivity contribution in [2.45, 2.75) is 12.6 Å². The summed E-state index contributed by atoms with van der Waals surface area (Å²) in [5, 5.41) is 9.18. The molecule has 1 atom stereocenters. The summed E-state index contributed by atoms with van der Waals surface area (Å²) in [4.78, 5) is 39.2. The number of anilines is 1. The highest BCUT2D eigenvalue weighted by Gasteiger charge is 2.19. The van der Waals surface area contributed by atoms with Crippen LogP contribution < -0.4 is 11.3 Å². The van der Waals surface area contributed by atoms with Crippen LogP contribution in [0.4, 0.5) is 5.95 Å². The van der Waals surface area contributed by atoms with E-state index in [1.165, 1.54) is 10.9 Å². The van der Waals surface area contributed by atoms with E-state index < -0.39 is 32.2 Å². The summed E-state index contributed by atoms with van der Waals surface area (Å²) in [7, 11) is -4.34. The number of rotatable bonds is 6. The number of hydrogen-bond acceptors (Lipinski definition) is 7. The van der Waals surface area contributed by atoms with Crippen LogP contribution in [0.3, 0.4) is 0 Å². The van der Waals surface area contributed by atoms with Crippen molar-refractivity contribution < 1.29 is 24.2 Å². The van der Waals surface area contributed by atoms with Crippen molar-refractivity contribution in [3.05, 3.63) is 16.7 Å². The van der Waals surface area contributed by atoms with Crippen molar-refractivity contribution in [2.24, 2.45) is 0 Å². The number of fused-ring (bicyclic) bond motifs is 1. The van der Waals surface area contributed by atoms with Crippen molar-refractivity contribution in [1.82, 2.24) is 19.5 Å². The second-order valence-electron chi connectivity index (χ2n) is 4.29. The zero-order chi connectivity index (χ0) is 15.6. The lowest BCUT2D eigenvalue weighted by Crippen LogP contribution is -2.25. The summed E-state index contributed by atoms with van der Waals surface area (Å²) in [6, 6.07) is 0. The lowest BCUT2D eigenvalue weighted by Gasteiger charge is -2.16. The van der Waals surface area contributed by atoms with E-state index in [1.54, 1.807) is 0 Å². The normalized spacial score (nSPS) is 13.7. The van der Waals surface area contributed by atoms with Crippen LogP contribution in [0.5, 0.6) is 0 Å². The summed E-state index contributed by atoms with van der Waals surface area (Å²) >= 11 is 0. The van der Waals surface area contributed by atoms with Crippen LogP contribution in [-0.2, 0) is 15.8 Å². The van der Waals surface area contributed by atoms with Crippen LogP contribution in [0.25, 0.3) is 11.2 Å². The van der Waals surface area contributed by atoms with Crippen molar-refractivity contribution >= 4 is 24.7 Å². The molecule has 21 heavy (non-hydrogen) atoms. The van der Waals surface area contributed by atoms with Gasteiger partial charge in [-0.25, -0.2) is 4.98 Å². The molecule has 0 amide bonds. The van der Waals surface area contributed by atoms with E-state index in [9.17, 15) is 14.5 Å². The molecule has 0 unspecified atom stereocenters. The maximum absolute atomic E-state index is 11.6. The summed E-state index contributed by atoms with van der Waals surface area (Å²) < 4.78 is 17.1. The zero-order valence-electron chi connectivity index (χ0n) is 10.7. The quantitative estimate of drug-likeness (QED) is 0.385. The smallest absolute Gasteiger partial charge is 0.350 e. The van der Waals surface area contributed by atoms with Crippen LogP contribution in [0.2, 0.25) is 0 Å².